The summed E-state index contributed by atoms with van der Waals surface area (Å²) in [7, 11) is -10.6. The van der Waals surface area contributed by atoms with Crippen molar-refractivity contribution >= 4 is 149 Å². The van der Waals surface area contributed by atoms with Crippen LogP contribution in [0.4, 0.5) is 28.4 Å². The lowest BCUT2D eigenvalue weighted by atomic mass is 10.0. The molecular weight excluding hydrogens is 2040 g/mol. The number of halogens is 4. The maximum Gasteiger partial charge on any atom is 0.285 e. The minimum Gasteiger partial charge on any atom is -0.472 e. The van der Waals surface area contributed by atoms with Gasteiger partial charge in [0.2, 0.25) is 0 Å². The van der Waals surface area contributed by atoms with Crippen molar-refractivity contribution in [3.8, 4) is 56.2 Å². The summed E-state index contributed by atoms with van der Waals surface area (Å²) < 4.78 is 140. The van der Waals surface area contributed by atoms with Crippen molar-refractivity contribution in [3.63, 3.8) is 0 Å². The Bertz CT molecular complexity index is 7590. The molecule has 0 radical (unpaired) electrons. The van der Waals surface area contributed by atoms with Gasteiger partial charge >= 0.3 is 0 Å². The molecule has 9 fully saturated rings. The molecule has 0 spiro atoms. The molecular formula is C103H97Cl4N13O22S4. The van der Waals surface area contributed by atoms with E-state index in [1.807, 2.05) is 54.6 Å². The van der Waals surface area contributed by atoms with Gasteiger partial charge in [0.25, 0.3) is 11.8 Å². The maximum absolute atomic E-state index is 13.0. The van der Waals surface area contributed by atoms with Gasteiger partial charge in [-0.1, -0.05) is 144 Å². The van der Waals surface area contributed by atoms with Crippen molar-refractivity contribution < 1.29 is 104 Å². The molecule has 13 aliphatic rings. The molecule has 758 valence electrons. The minimum absolute atomic E-state index is 0.227. The molecule has 24 rings (SSSR count). The highest BCUT2D eigenvalue weighted by atomic mass is 35.5. The molecule has 35 nitrogen and oxygen atoms in total. The molecule has 5 aromatic heterocycles. The Morgan fingerprint density at radius 3 is 1.03 bits per heavy atom. The molecule has 19 atom stereocenters. The Labute approximate surface area is 860 Å². The summed E-state index contributed by atoms with van der Waals surface area (Å²) >= 11 is 26.2. The van der Waals surface area contributed by atoms with Gasteiger partial charge in [0.15, 0.2) is 48.0 Å². The van der Waals surface area contributed by atoms with E-state index in [1.165, 1.54) is 12.5 Å². The fourth-order valence-corrected chi connectivity index (χ4v) is 25.4. The van der Waals surface area contributed by atoms with Crippen molar-refractivity contribution in [3.05, 3.63) is 254 Å². The maximum atomic E-state index is 13.0. The number of aliphatic hydroxyl groups is 4. The van der Waals surface area contributed by atoms with E-state index in [2.05, 4.69) is 38.0 Å². The number of carbonyl (C=O) groups excluding carboxylic acids is 2. The molecule has 43 heteroatoms. The highest BCUT2D eigenvalue weighted by molar-refractivity contribution is 7.94. The summed E-state index contributed by atoms with van der Waals surface area (Å²) in [5.41, 5.74) is 14.4. The Balaban J connectivity index is 0.000000114. The molecule has 2 amide bonds. The number of carbonyl (C=O) groups is 2. The van der Waals surface area contributed by atoms with E-state index in [9.17, 15) is 46.9 Å². The Kier molecular flexibility index (Phi) is 29.0. The first-order valence-electron chi connectivity index (χ1n) is 47.2. The van der Waals surface area contributed by atoms with Crippen LogP contribution in [-0.2, 0) is 121 Å². The molecule has 0 bridgehead atoms. The van der Waals surface area contributed by atoms with Crippen LogP contribution in [-0.4, -0.2) is 278 Å². The summed E-state index contributed by atoms with van der Waals surface area (Å²) in [4.78, 5) is 68.1. The Morgan fingerprint density at radius 1 is 0.377 bits per heavy atom. The van der Waals surface area contributed by atoms with Crippen molar-refractivity contribution in [1.82, 2.24) is 24.9 Å². The van der Waals surface area contributed by atoms with Crippen molar-refractivity contribution in [2.45, 2.75) is 157 Å². The van der Waals surface area contributed by atoms with Crippen LogP contribution in [0.3, 0.4) is 0 Å². The number of aliphatic imine (C=N–C) groups is 4. The van der Waals surface area contributed by atoms with Crippen LogP contribution in [0.15, 0.2) is 248 Å². The molecule has 0 aliphatic carbocycles. The van der Waals surface area contributed by atoms with Crippen LogP contribution in [0.25, 0.3) is 56.2 Å². The standard InChI is InChI=1S/C27H24ClN3O6S.C26H24ClN3O5S.C25H23ClN4O5S.C25H26ClN3O6S/c1-38(34,17-5-3-2-4-6-17)31-27(33)16-9-7-15(8-10-16)24-18(28)11-19-20(30-24)12-23(29-19)37-22-14-36-25-21(32)13-35-26(22)25;1-36(28,32)17-8-6-15(7-9-17)14-2-4-16(5-3-14)24-18(27)10-19-20(30-24)11-23(29-19)35-22-13-34-25-21(31)12-33-26(22)25;1-36(32,16-6-8-27-9-7-16)30-15-4-2-14(3-5-15)23-17(26)10-18-19(29-23)11-22(28-18)35-21-13-34-24-20(31)12-33-25(21)24;26-16-10-17-18(11-21(27-17)35-20-13-34-23-19(30)12-33-24(20)23)28-22(16)14-4-6-15(7-5-14)25(31)29-36(32)8-2-1-3-9-36/h2-11,21-22,25-26,32H,12-14H2,1H3;2-10,21-22,25-26,28,31H,11-13H2,1H3;2-10,20-21,24-25,31H,11-13H2,1H3;4-7,10,19-20,23-24,30H,1-3,8-9,11-13H2/t21-,22-,25-,26-,38-;21-,22-,25-,26-,36?;20-,21-,24-,25-,36?;19-,20-,23-,24-/m1111/s1. The fourth-order valence-electron chi connectivity index (χ4n) is 19.2. The molecule has 13 aliphatic heterocycles. The number of nitrogens with one attached hydrogen (secondary N) is 1. The highest BCUT2D eigenvalue weighted by Crippen LogP contribution is 2.45. The third kappa shape index (κ3) is 21.7. The number of hydrogen-bond donors (Lipinski definition) is 5. The first-order chi connectivity index (χ1) is 70.3. The largest absolute Gasteiger partial charge is 0.472 e. The second-order valence-corrected chi connectivity index (χ2v) is 47.9. The fraction of sp³-hybridized carbons (Fsp3) is 0.350. The van der Waals surface area contributed by atoms with E-state index in [-0.39, 0.29) is 99.7 Å². The van der Waals surface area contributed by atoms with Crippen LogP contribution in [0.1, 0.15) is 62.8 Å². The summed E-state index contributed by atoms with van der Waals surface area (Å²) in [5.74, 6) is 2.02. The number of aromatic nitrogens is 5. The van der Waals surface area contributed by atoms with E-state index in [0.717, 1.165) is 64.2 Å². The van der Waals surface area contributed by atoms with Crippen LogP contribution in [0.2, 0.25) is 20.1 Å². The number of aliphatic hydroxyl groups excluding tert-OH is 4. The smallest absolute Gasteiger partial charge is 0.285 e. The van der Waals surface area contributed by atoms with Gasteiger partial charge < -0.3 is 77.3 Å². The number of amides is 2. The molecule has 146 heavy (non-hydrogen) atoms. The molecule has 6 aromatic carbocycles. The van der Waals surface area contributed by atoms with Crippen LogP contribution in [0.5, 0.6) is 0 Å². The van der Waals surface area contributed by atoms with Crippen molar-refractivity contribution in [1.29, 1.82) is 4.78 Å². The van der Waals surface area contributed by atoms with Gasteiger partial charge in [0.05, 0.1) is 216 Å². The predicted octanol–water partition coefficient (Wildman–Crippen LogP) is 15.1. The summed E-state index contributed by atoms with van der Waals surface area (Å²) in [6.07, 6.45) is 5.45. The normalized spacial score (nSPS) is 26.5. The van der Waals surface area contributed by atoms with E-state index in [0.29, 0.717) is 196 Å². The van der Waals surface area contributed by atoms with E-state index < -0.39 is 75.1 Å². The summed E-state index contributed by atoms with van der Waals surface area (Å²) in [6, 6.07) is 55.1. The number of ether oxygens (including phenoxy) is 12. The average Bonchev–Trinajstić information content (AvgIpc) is 1.64. The summed E-state index contributed by atoms with van der Waals surface area (Å²) in [5, 5.41) is 41.5. The third-order valence-corrected chi connectivity index (χ3v) is 34.7. The number of fused-ring (bicyclic) bond motifs is 8. The van der Waals surface area contributed by atoms with Gasteiger partial charge in [0, 0.05) is 85.8 Å². The van der Waals surface area contributed by atoms with Crippen LogP contribution < -0.4 is 0 Å². The lowest BCUT2D eigenvalue weighted by Crippen LogP contribution is -2.34. The first-order valence-corrected chi connectivity index (χ1v) is 56.3. The lowest BCUT2D eigenvalue weighted by molar-refractivity contribution is 0.00555. The molecule has 0 saturated carbocycles. The van der Waals surface area contributed by atoms with Crippen molar-refractivity contribution in [2.24, 2.45) is 33.1 Å². The number of rotatable bonds is 15. The quantitative estimate of drug-likeness (QED) is 0.0636. The van der Waals surface area contributed by atoms with E-state index in [4.69, 9.17) is 128 Å². The third-order valence-electron chi connectivity index (χ3n) is 26.7. The minimum atomic E-state index is -2.87. The number of hydrogen-bond acceptors (Lipinski definition) is 33. The number of nitrogens with zero attached hydrogens (tertiary/aromatic N) is 12. The molecule has 5 N–H and O–H groups in total. The second-order valence-electron chi connectivity index (χ2n) is 37.0. The van der Waals surface area contributed by atoms with Gasteiger partial charge in [-0.05, 0) is 121 Å². The zero-order valence-electron chi connectivity index (χ0n) is 78.5. The average molecular weight is 2140 g/mol. The highest BCUT2D eigenvalue weighted by Gasteiger charge is 2.53. The molecule has 11 aromatic rings. The zero-order valence-corrected chi connectivity index (χ0v) is 84.7. The zero-order chi connectivity index (χ0) is 101. The summed E-state index contributed by atoms with van der Waals surface area (Å²) in [6.45, 7) is 2.28. The van der Waals surface area contributed by atoms with Gasteiger partial charge in [-0.2, -0.15) is 13.1 Å². The number of pyridine rings is 5. The Hall–Kier alpha value is -11.2. The van der Waals surface area contributed by atoms with Crippen LogP contribution in [0, 0.1) is 4.78 Å². The van der Waals surface area contributed by atoms with Crippen LogP contribution >= 0.6 is 46.4 Å². The van der Waals surface area contributed by atoms with E-state index >= 15 is 0 Å². The molecule has 9 saturated heterocycles. The molecule has 2 unspecified atom stereocenters. The molecule has 18 heterocycles. The first kappa shape index (κ1) is 101. The lowest BCUT2D eigenvalue weighted by Gasteiger charge is -2.17. The monoisotopic (exact) mass is 2140 g/mol. The van der Waals surface area contributed by atoms with Gasteiger partial charge in [-0.3, -0.25) is 14.6 Å². The number of benzene rings is 6. The topological polar surface area (TPSA) is 469 Å². The van der Waals surface area contributed by atoms with Crippen molar-refractivity contribution in [2.75, 3.05) is 83.1 Å². The van der Waals surface area contributed by atoms with Gasteiger partial charge in [-0.15, -0.1) is 0 Å². The van der Waals surface area contributed by atoms with Gasteiger partial charge in [-0.25, -0.2) is 61.5 Å². The second kappa shape index (κ2) is 42.1. The van der Waals surface area contributed by atoms with E-state index in [1.54, 1.807) is 152 Å². The van der Waals surface area contributed by atoms with Gasteiger partial charge in [0.1, 0.15) is 73.2 Å². The Morgan fingerprint density at radius 2 is 0.685 bits per heavy atom. The predicted molar refractivity (Wildman–Crippen MR) is 547 cm³/mol. The SMILES string of the molecule is CS(=N)(=O)c1ccc(-c2ccc(-c3nc4c(cc3Cl)N=C(O[C@@H]3CO[C@H]5[C@@H]3OC[C@H]5O)C4)cc2)cc1.CS(=O)(=Nc1ccc(-c2nc3c(cc2Cl)N=C(O[C@@H]2CO[C@H]4[C@@H]2OC[C@H]4O)C3)cc1)c1ccncc1.C[S@](=O)(=NC(=O)c1ccc(-c2nc3c(cc2Cl)N=C(O[C@@H]2CO[C@H]4[C@@H]2OC[C@H]4O)C3)cc1)c1ccccc1.O=C(N=S1(=O)CCCCC1)c1ccc(-c2nc3c(cc2Cl)N=C(O[C@@H]2CO[C@H]4[C@@H]2OC[C@H]4O)C3)cc1.